The molecule has 0 aromatic heterocycles. The van der Waals surface area contributed by atoms with E-state index < -0.39 is 6.10 Å². The Hall–Kier alpha value is -2.11. The number of carbonyl (C=O) groups excluding carboxylic acids is 3. The van der Waals surface area contributed by atoms with E-state index >= 15 is 0 Å². The van der Waals surface area contributed by atoms with Gasteiger partial charge in [-0.05, 0) is 44.9 Å². The number of hydrogen-bond donors (Lipinski definition) is 0. The number of unbranched alkanes of at least 4 members (excludes halogenated alkanes) is 24. The Bertz CT molecular complexity index is 835. The Morgan fingerprint density at radius 3 is 1.16 bits per heavy atom. The molecule has 0 radical (unpaired) electrons. The minimum absolute atomic E-state index is 0.0730. The minimum Gasteiger partial charge on any atom is -0.462 e. The van der Waals surface area contributed by atoms with Gasteiger partial charge in [0.2, 0.25) is 0 Å². The lowest BCUT2D eigenvalue weighted by atomic mass is 10.0. The molecule has 0 saturated carbocycles. The van der Waals surface area contributed by atoms with Crippen LogP contribution in [-0.4, -0.2) is 37.2 Å². The molecule has 0 amide bonds. The summed E-state index contributed by atoms with van der Waals surface area (Å²) in [5.74, 6) is -0.891. The molecule has 6 heteroatoms. The molecule has 0 aliphatic rings. The molecule has 6 nitrogen and oxygen atoms in total. The average molecular weight is 719 g/mol. The predicted molar refractivity (Wildman–Crippen MR) is 215 cm³/mol. The summed E-state index contributed by atoms with van der Waals surface area (Å²) in [5.41, 5.74) is 0. The van der Waals surface area contributed by atoms with Crippen LogP contribution < -0.4 is 0 Å². The van der Waals surface area contributed by atoms with Crippen molar-refractivity contribution in [3.8, 4) is 0 Å². The van der Waals surface area contributed by atoms with Gasteiger partial charge >= 0.3 is 17.9 Å². The molecular formula is C45H82O6. The highest BCUT2D eigenvalue weighted by molar-refractivity contribution is 5.71. The lowest BCUT2D eigenvalue weighted by molar-refractivity contribution is -0.167. The van der Waals surface area contributed by atoms with Crippen molar-refractivity contribution >= 4 is 17.9 Å². The molecular weight excluding hydrogens is 636 g/mol. The fourth-order valence-electron chi connectivity index (χ4n) is 6.13. The van der Waals surface area contributed by atoms with Crippen molar-refractivity contribution in [2.24, 2.45) is 0 Å². The maximum Gasteiger partial charge on any atom is 0.306 e. The van der Waals surface area contributed by atoms with Crippen LogP contribution in [0.5, 0.6) is 0 Å². The molecule has 1 atom stereocenters. The van der Waals surface area contributed by atoms with E-state index in [0.29, 0.717) is 19.3 Å². The molecule has 0 heterocycles. The van der Waals surface area contributed by atoms with Crippen LogP contribution in [0.15, 0.2) is 24.3 Å². The zero-order valence-corrected chi connectivity index (χ0v) is 33.9. The Labute approximate surface area is 315 Å². The lowest BCUT2D eigenvalue weighted by Gasteiger charge is -2.18. The number of carbonyl (C=O) groups is 3. The number of esters is 3. The van der Waals surface area contributed by atoms with Crippen LogP contribution in [0.4, 0.5) is 0 Å². The smallest absolute Gasteiger partial charge is 0.306 e. The second-order valence-corrected chi connectivity index (χ2v) is 14.6. The quantitative estimate of drug-likeness (QED) is 0.0272. The van der Waals surface area contributed by atoms with E-state index in [1.807, 2.05) is 0 Å². The summed E-state index contributed by atoms with van der Waals surface area (Å²) in [6, 6.07) is 0. The summed E-state index contributed by atoms with van der Waals surface area (Å²) in [6.45, 7) is 6.51. The zero-order chi connectivity index (χ0) is 37.3. The lowest BCUT2D eigenvalue weighted by Crippen LogP contribution is -2.30. The molecule has 1 unspecified atom stereocenters. The summed E-state index contributed by atoms with van der Waals surface area (Å²) < 4.78 is 16.6. The molecule has 0 spiro atoms. The molecule has 0 aliphatic heterocycles. The zero-order valence-electron chi connectivity index (χ0n) is 33.9. The van der Waals surface area contributed by atoms with E-state index in [-0.39, 0.29) is 31.1 Å². The third-order valence-corrected chi connectivity index (χ3v) is 9.44. The van der Waals surface area contributed by atoms with Gasteiger partial charge in [0, 0.05) is 19.3 Å². The maximum atomic E-state index is 12.7. The van der Waals surface area contributed by atoms with E-state index in [0.717, 1.165) is 83.5 Å². The first-order valence-corrected chi connectivity index (χ1v) is 21.8. The van der Waals surface area contributed by atoms with Gasteiger partial charge in [-0.2, -0.15) is 0 Å². The van der Waals surface area contributed by atoms with Crippen LogP contribution >= 0.6 is 0 Å². The molecule has 0 rings (SSSR count). The summed E-state index contributed by atoms with van der Waals surface area (Å²) in [6.07, 6.45) is 43.1. The minimum atomic E-state index is -0.767. The molecule has 0 bridgehead atoms. The number of rotatable bonds is 39. The highest BCUT2D eigenvalue weighted by Crippen LogP contribution is 2.15. The van der Waals surface area contributed by atoms with Crippen molar-refractivity contribution in [3.05, 3.63) is 24.3 Å². The second-order valence-electron chi connectivity index (χ2n) is 14.6. The molecule has 0 fully saturated rings. The summed E-state index contributed by atoms with van der Waals surface area (Å²) in [7, 11) is 0. The Kier molecular flexibility index (Phi) is 39.0. The van der Waals surface area contributed by atoms with Crippen molar-refractivity contribution in [3.63, 3.8) is 0 Å². The monoisotopic (exact) mass is 719 g/mol. The van der Waals surface area contributed by atoms with E-state index in [4.69, 9.17) is 14.2 Å². The molecule has 0 N–H and O–H groups in total. The van der Waals surface area contributed by atoms with Crippen LogP contribution in [0, 0.1) is 0 Å². The van der Waals surface area contributed by atoms with Gasteiger partial charge in [-0.15, -0.1) is 0 Å². The Morgan fingerprint density at radius 1 is 0.392 bits per heavy atom. The predicted octanol–water partition coefficient (Wildman–Crippen LogP) is 13.6. The Morgan fingerprint density at radius 2 is 0.745 bits per heavy atom. The number of ether oxygens (including phenoxy) is 3. The fraction of sp³-hybridized carbons (Fsp3) is 0.844. The van der Waals surface area contributed by atoms with E-state index in [1.165, 1.54) is 103 Å². The van der Waals surface area contributed by atoms with Crippen molar-refractivity contribution in [2.45, 2.75) is 232 Å². The third-order valence-electron chi connectivity index (χ3n) is 9.44. The van der Waals surface area contributed by atoms with Gasteiger partial charge in [-0.3, -0.25) is 14.4 Å². The van der Waals surface area contributed by atoms with Crippen molar-refractivity contribution in [2.75, 3.05) is 13.2 Å². The standard InChI is InChI=1S/C45H82O6/c1-4-7-10-13-16-18-20-22-24-26-29-32-35-38-44(47)50-41-42(40-49-43(46)37-34-31-28-15-12-9-6-3)51-45(48)39-36-33-30-27-25-23-21-19-17-14-11-8-5-2/h10,13,18,20,42H,4-9,11-12,14-17,19,21-41H2,1-3H3/b13-10-,20-18-. The van der Waals surface area contributed by atoms with E-state index in [1.54, 1.807) is 0 Å². The normalized spacial score (nSPS) is 12.1. The highest BCUT2D eigenvalue weighted by Gasteiger charge is 2.19. The molecule has 0 aromatic rings. The molecule has 0 aliphatic carbocycles. The van der Waals surface area contributed by atoms with Crippen LogP contribution in [0.25, 0.3) is 0 Å². The number of hydrogen-bond acceptors (Lipinski definition) is 6. The van der Waals surface area contributed by atoms with Crippen molar-refractivity contribution < 1.29 is 28.6 Å². The van der Waals surface area contributed by atoms with Gasteiger partial charge in [0.1, 0.15) is 13.2 Å². The average Bonchev–Trinajstić information content (AvgIpc) is 3.12. The first-order chi connectivity index (χ1) is 25.0. The van der Waals surface area contributed by atoms with Gasteiger partial charge in [0.15, 0.2) is 6.10 Å². The summed E-state index contributed by atoms with van der Waals surface area (Å²) in [4.78, 5) is 37.5. The Balaban J connectivity index is 4.32. The van der Waals surface area contributed by atoms with E-state index in [2.05, 4.69) is 45.1 Å². The van der Waals surface area contributed by atoms with Crippen LogP contribution in [-0.2, 0) is 28.6 Å². The molecule has 298 valence electrons. The second kappa shape index (κ2) is 40.7. The first kappa shape index (κ1) is 48.9. The van der Waals surface area contributed by atoms with Crippen molar-refractivity contribution in [1.29, 1.82) is 0 Å². The topological polar surface area (TPSA) is 78.9 Å². The van der Waals surface area contributed by atoms with Crippen LogP contribution in [0.1, 0.15) is 226 Å². The summed E-state index contributed by atoms with van der Waals surface area (Å²) >= 11 is 0. The third kappa shape index (κ3) is 38.9. The maximum absolute atomic E-state index is 12.7. The van der Waals surface area contributed by atoms with Gasteiger partial charge in [-0.1, -0.05) is 186 Å². The molecule has 0 saturated heterocycles. The largest absolute Gasteiger partial charge is 0.462 e. The van der Waals surface area contributed by atoms with Crippen LogP contribution in [0.2, 0.25) is 0 Å². The first-order valence-electron chi connectivity index (χ1n) is 21.8. The molecule has 0 aromatic carbocycles. The van der Waals surface area contributed by atoms with Crippen molar-refractivity contribution in [1.82, 2.24) is 0 Å². The number of allylic oxidation sites excluding steroid dienone is 4. The highest BCUT2D eigenvalue weighted by atomic mass is 16.6. The van der Waals surface area contributed by atoms with Gasteiger partial charge in [0.25, 0.3) is 0 Å². The molecule has 51 heavy (non-hydrogen) atoms. The summed E-state index contributed by atoms with van der Waals surface area (Å²) in [5, 5.41) is 0. The van der Waals surface area contributed by atoms with Gasteiger partial charge < -0.3 is 14.2 Å². The fourth-order valence-corrected chi connectivity index (χ4v) is 6.13. The van der Waals surface area contributed by atoms with Crippen LogP contribution in [0.3, 0.4) is 0 Å². The van der Waals surface area contributed by atoms with Gasteiger partial charge in [-0.25, -0.2) is 0 Å². The van der Waals surface area contributed by atoms with E-state index in [9.17, 15) is 14.4 Å². The SMILES string of the molecule is CCC/C=C\C/C=C\CCCCCCCC(=O)OCC(COC(=O)CCCCCCCCC)OC(=O)CCCCCCCCCCCCCCC. The van der Waals surface area contributed by atoms with Gasteiger partial charge in [0.05, 0.1) is 0 Å².